The molecule has 0 saturated heterocycles. The number of aromatic hydroxyl groups is 1. The average Bonchev–Trinajstić information content (AvgIpc) is 2.67. The minimum absolute atomic E-state index is 0.0467. The Bertz CT molecular complexity index is 953. The zero-order valence-corrected chi connectivity index (χ0v) is 14.3. The number of benzene rings is 3. The number of esters is 1. The number of methoxy groups -OCH3 is 1. The number of ketones is 1. The summed E-state index contributed by atoms with van der Waals surface area (Å²) in [6.07, 6.45) is 0. The van der Waals surface area contributed by atoms with E-state index in [9.17, 15) is 14.7 Å². The van der Waals surface area contributed by atoms with Crippen LogP contribution in [-0.2, 0) is 9.53 Å². The third kappa shape index (κ3) is 3.30. The number of carbonyl (C=O) groups is 2. The summed E-state index contributed by atoms with van der Waals surface area (Å²) < 4.78 is 4.80. The molecule has 0 saturated carbocycles. The molecule has 3 N–H and O–H groups in total. The van der Waals surface area contributed by atoms with Crippen LogP contribution in [0.1, 0.15) is 22.0 Å². The number of carbonyl (C=O) groups excluding carboxylic acids is 2. The van der Waals surface area contributed by atoms with Crippen LogP contribution in [0.3, 0.4) is 0 Å². The monoisotopic (exact) mass is 349 g/mol. The Morgan fingerprint density at radius 1 is 0.962 bits per heavy atom. The van der Waals surface area contributed by atoms with Crippen molar-refractivity contribution in [1.29, 1.82) is 0 Å². The molecule has 0 aliphatic heterocycles. The number of phenolic OH excluding ortho intramolecular Hbond substituents is 1. The highest BCUT2D eigenvalue weighted by atomic mass is 16.5. The number of hydrogen-bond acceptors (Lipinski definition) is 5. The fourth-order valence-corrected chi connectivity index (χ4v) is 3.00. The van der Waals surface area contributed by atoms with Crippen LogP contribution in [-0.4, -0.2) is 24.0 Å². The van der Waals surface area contributed by atoms with Gasteiger partial charge in [-0.2, -0.15) is 0 Å². The lowest BCUT2D eigenvalue weighted by Gasteiger charge is -2.21. The smallest absolute Gasteiger partial charge is 0.318 e. The van der Waals surface area contributed by atoms with Crippen LogP contribution in [0, 0.1) is 5.92 Å². The number of phenols is 1. The summed E-state index contributed by atoms with van der Waals surface area (Å²) in [7, 11) is 1.21. The molecule has 0 spiro atoms. The minimum Gasteiger partial charge on any atom is -0.507 e. The number of ether oxygens (including phenoxy) is 1. The van der Waals surface area contributed by atoms with Gasteiger partial charge in [-0.15, -0.1) is 0 Å². The lowest BCUT2D eigenvalue weighted by molar-refractivity contribution is -0.144. The lowest BCUT2D eigenvalue weighted by atomic mass is 9.86. The Morgan fingerprint density at radius 3 is 2.15 bits per heavy atom. The van der Waals surface area contributed by atoms with Gasteiger partial charge in [0.1, 0.15) is 11.7 Å². The number of hydrogen-bond donors (Lipinski definition) is 2. The predicted octanol–water partition coefficient (Wildman–Crippen LogP) is 3.22. The third-order valence-corrected chi connectivity index (χ3v) is 4.41. The van der Waals surface area contributed by atoms with Crippen molar-refractivity contribution in [3.63, 3.8) is 0 Å². The van der Waals surface area contributed by atoms with E-state index in [-0.39, 0.29) is 11.3 Å². The van der Waals surface area contributed by atoms with E-state index in [4.69, 9.17) is 10.5 Å². The van der Waals surface area contributed by atoms with Crippen molar-refractivity contribution in [3.05, 3.63) is 77.9 Å². The fourth-order valence-electron chi connectivity index (χ4n) is 3.00. The molecule has 0 bridgehead atoms. The van der Waals surface area contributed by atoms with E-state index in [1.165, 1.54) is 13.2 Å². The normalized spacial score (nSPS) is 13.2. The zero-order valence-electron chi connectivity index (χ0n) is 14.3. The molecular formula is C21H19NO4. The first-order chi connectivity index (χ1) is 12.5. The van der Waals surface area contributed by atoms with Crippen molar-refractivity contribution in [1.82, 2.24) is 0 Å². The van der Waals surface area contributed by atoms with E-state index < -0.39 is 23.7 Å². The minimum atomic E-state index is -1.26. The fraction of sp³-hybridized carbons (Fsp3) is 0.143. The molecule has 0 heterocycles. The van der Waals surface area contributed by atoms with Crippen molar-refractivity contribution in [2.45, 2.75) is 6.04 Å². The molecular weight excluding hydrogens is 330 g/mol. The van der Waals surface area contributed by atoms with Crippen molar-refractivity contribution in [2.75, 3.05) is 7.11 Å². The first-order valence-electron chi connectivity index (χ1n) is 8.17. The highest BCUT2D eigenvalue weighted by Gasteiger charge is 2.36. The van der Waals surface area contributed by atoms with E-state index in [1.54, 1.807) is 30.3 Å². The molecule has 5 heteroatoms. The molecule has 5 nitrogen and oxygen atoms in total. The molecule has 0 radical (unpaired) electrons. The maximum Gasteiger partial charge on any atom is 0.318 e. The van der Waals surface area contributed by atoms with E-state index in [1.807, 2.05) is 30.3 Å². The van der Waals surface area contributed by atoms with Gasteiger partial charge in [0.2, 0.25) is 0 Å². The molecule has 3 aromatic rings. The van der Waals surface area contributed by atoms with Crippen LogP contribution in [0.15, 0.2) is 66.7 Å². The summed E-state index contributed by atoms with van der Waals surface area (Å²) in [5.41, 5.74) is 6.90. The van der Waals surface area contributed by atoms with E-state index >= 15 is 0 Å². The van der Waals surface area contributed by atoms with Gasteiger partial charge in [0.05, 0.1) is 18.7 Å². The molecule has 0 fully saturated rings. The third-order valence-electron chi connectivity index (χ3n) is 4.41. The molecule has 3 rings (SSSR count). The summed E-state index contributed by atoms with van der Waals surface area (Å²) in [6, 6.07) is 18.4. The molecule has 0 aliphatic carbocycles. The molecule has 26 heavy (non-hydrogen) atoms. The molecule has 0 aliphatic rings. The van der Waals surface area contributed by atoms with Crippen LogP contribution < -0.4 is 5.73 Å². The van der Waals surface area contributed by atoms with Crippen molar-refractivity contribution in [2.24, 2.45) is 11.7 Å². The van der Waals surface area contributed by atoms with E-state index in [0.29, 0.717) is 5.56 Å². The lowest BCUT2D eigenvalue weighted by Crippen LogP contribution is -2.35. The summed E-state index contributed by atoms with van der Waals surface area (Å²) in [5.74, 6) is -2.76. The van der Waals surface area contributed by atoms with Gasteiger partial charge >= 0.3 is 5.97 Å². The second-order valence-corrected chi connectivity index (χ2v) is 6.02. The number of fused-ring (bicyclic) bond motifs is 1. The SMILES string of the molecule is COC(=O)C(C(=O)c1cc2ccccc2cc1O)C(N)c1ccccc1. The van der Waals surface area contributed by atoms with Crippen LogP contribution in [0.4, 0.5) is 0 Å². The summed E-state index contributed by atoms with van der Waals surface area (Å²) in [6.45, 7) is 0. The highest BCUT2D eigenvalue weighted by Crippen LogP contribution is 2.31. The van der Waals surface area contributed by atoms with Gasteiger partial charge in [-0.05, 0) is 28.5 Å². The van der Waals surface area contributed by atoms with Crippen molar-refractivity contribution < 1.29 is 19.4 Å². The standard InChI is InChI=1S/C21H19NO4/c1-26-21(25)18(19(22)13-7-3-2-4-8-13)20(24)16-11-14-9-5-6-10-15(14)12-17(16)23/h2-12,18-19,23H,22H2,1H3. The first kappa shape index (κ1) is 17.6. The zero-order chi connectivity index (χ0) is 18.7. The van der Waals surface area contributed by atoms with Gasteiger partial charge in [0, 0.05) is 0 Å². The second kappa shape index (κ2) is 7.37. The van der Waals surface area contributed by atoms with Crippen LogP contribution >= 0.6 is 0 Å². The predicted molar refractivity (Wildman–Crippen MR) is 98.8 cm³/mol. The molecule has 132 valence electrons. The Labute approximate surface area is 151 Å². The van der Waals surface area contributed by atoms with Gasteiger partial charge < -0.3 is 15.6 Å². The van der Waals surface area contributed by atoms with Crippen molar-refractivity contribution in [3.8, 4) is 5.75 Å². The largest absolute Gasteiger partial charge is 0.507 e. The van der Waals surface area contributed by atoms with Crippen LogP contribution in [0.5, 0.6) is 5.75 Å². The summed E-state index contributed by atoms with van der Waals surface area (Å²) in [4.78, 5) is 25.4. The van der Waals surface area contributed by atoms with Crippen molar-refractivity contribution >= 4 is 22.5 Å². The maximum atomic E-state index is 13.1. The first-order valence-corrected chi connectivity index (χ1v) is 8.17. The molecule has 2 atom stereocenters. The van der Waals surface area contributed by atoms with Gasteiger partial charge in [-0.25, -0.2) is 0 Å². The Hall–Kier alpha value is -3.18. The summed E-state index contributed by atoms with van der Waals surface area (Å²) >= 11 is 0. The molecule has 2 unspecified atom stereocenters. The molecule has 3 aromatic carbocycles. The highest BCUT2D eigenvalue weighted by molar-refractivity contribution is 6.12. The number of Topliss-reactive ketones (excluding diaryl/α,β-unsaturated/α-hetero) is 1. The Kier molecular flexibility index (Phi) is 5.00. The van der Waals surface area contributed by atoms with E-state index in [2.05, 4.69) is 0 Å². The summed E-state index contributed by atoms with van der Waals surface area (Å²) in [5, 5.41) is 11.9. The topological polar surface area (TPSA) is 89.6 Å². The molecule has 0 aromatic heterocycles. The second-order valence-electron chi connectivity index (χ2n) is 6.02. The number of rotatable bonds is 5. The van der Waals surface area contributed by atoms with E-state index in [0.717, 1.165) is 10.8 Å². The quantitative estimate of drug-likeness (QED) is 0.419. The maximum absolute atomic E-state index is 13.1. The number of nitrogens with two attached hydrogens (primary N) is 1. The van der Waals surface area contributed by atoms with Gasteiger partial charge in [0.15, 0.2) is 5.78 Å². The van der Waals surface area contributed by atoms with Gasteiger partial charge in [0.25, 0.3) is 0 Å². The average molecular weight is 349 g/mol. The van der Waals surface area contributed by atoms with Gasteiger partial charge in [-0.1, -0.05) is 54.6 Å². The Balaban J connectivity index is 2.06. The van der Waals surface area contributed by atoms with Crippen LogP contribution in [0.2, 0.25) is 0 Å². The van der Waals surface area contributed by atoms with Gasteiger partial charge in [-0.3, -0.25) is 9.59 Å². The van der Waals surface area contributed by atoms with Crippen LogP contribution in [0.25, 0.3) is 10.8 Å². The Morgan fingerprint density at radius 2 is 1.54 bits per heavy atom. The molecule has 0 amide bonds.